The van der Waals surface area contributed by atoms with E-state index in [2.05, 4.69) is 4.98 Å². The van der Waals surface area contributed by atoms with Crippen LogP contribution in [0.25, 0.3) is 11.1 Å². The van der Waals surface area contributed by atoms with Crippen molar-refractivity contribution in [1.82, 2.24) is 4.98 Å². The van der Waals surface area contributed by atoms with Crippen LogP contribution in [-0.2, 0) is 0 Å². The first kappa shape index (κ1) is 12.0. The molecule has 1 aromatic heterocycles. The highest BCUT2D eigenvalue weighted by molar-refractivity contribution is 5.74. The third kappa shape index (κ3) is 2.45. The molecule has 0 spiro atoms. The molecule has 1 heterocycles. The van der Waals surface area contributed by atoms with Gasteiger partial charge in [-0.3, -0.25) is 15.1 Å². The maximum Gasteiger partial charge on any atom is 0.280 e. The Morgan fingerprint density at radius 2 is 2.00 bits per heavy atom. The molecule has 0 unspecified atom stereocenters. The molecule has 0 amide bonds. The quantitative estimate of drug-likeness (QED) is 0.612. The van der Waals surface area contributed by atoms with Crippen molar-refractivity contribution in [3.8, 4) is 16.9 Å². The highest BCUT2D eigenvalue weighted by atomic mass is 16.6. The van der Waals surface area contributed by atoms with Gasteiger partial charge in [0.25, 0.3) is 5.69 Å². The summed E-state index contributed by atoms with van der Waals surface area (Å²) in [5.41, 5.74) is 1.36. The van der Waals surface area contributed by atoms with Gasteiger partial charge in [-0.1, -0.05) is 0 Å². The zero-order chi connectivity index (χ0) is 13.0. The molecule has 0 aliphatic rings. The van der Waals surface area contributed by atoms with Crippen LogP contribution in [-0.4, -0.2) is 16.5 Å². The molecule has 0 N–H and O–H groups in total. The molecule has 5 heteroatoms. The fourth-order valence-corrected chi connectivity index (χ4v) is 1.69. The lowest BCUT2D eigenvalue weighted by Gasteiger charge is -2.06. The Morgan fingerprint density at radius 1 is 1.28 bits per heavy atom. The predicted molar refractivity (Wildman–Crippen MR) is 67.5 cm³/mol. The summed E-state index contributed by atoms with van der Waals surface area (Å²) in [4.78, 5) is 14.6. The van der Waals surface area contributed by atoms with Crippen molar-refractivity contribution >= 4 is 5.69 Å². The number of aromatic nitrogens is 1. The Balaban J connectivity index is 2.51. The number of hydrogen-bond acceptors (Lipinski definition) is 4. The first-order valence-corrected chi connectivity index (χ1v) is 5.54. The number of nitrogens with zero attached hydrogens (tertiary/aromatic N) is 2. The Labute approximate surface area is 104 Å². The third-order valence-electron chi connectivity index (χ3n) is 2.47. The van der Waals surface area contributed by atoms with Crippen molar-refractivity contribution in [2.45, 2.75) is 6.92 Å². The second-order valence-corrected chi connectivity index (χ2v) is 3.60. The van der Waals surface area contributed by atoms with Crippen LogP contribution in [0.1, 0.15) is 6.92 Å². The standard InChI is InChI=1S/C13H12N2O3/c1-2-18-11-3-4-12(13(9-11)15(16)17)10-5-7-14-8-6-10/h3-9H,2H2,1H3. The number of pyridine rings is 1. The Kier molecular flexibility index (Phi) is 3.52. The first-order valence-electron chi connectivity index (χ1n) is 5.54. The van der Waals surface area contributed by atoms with Crippen molar-refractivity contribution in [2.24, 2.45) is 0 Å². The third-order valence-corrected chi connectivity index (χ3v) is 2.47. The molecule has 0 saturated carbocycles. The summed E-state index contributed by atoms with van der Waals surface area (Å²) >= 11 is 0. The predicted octanol–water partition coefficient (Wildman–Crippen LogP) is 3.06. The summed E-state index contributed by atoms with van der Waals surface area (Å²) in [6, 6.07) is 8.34. The number of hydrogen-bond donors (Lipinski definition) is 0. The molecular formula is C13H12N2O3. The van der Waals surface area contributed by atoms with E-state index >= 15 is 0 Å². The Bertz CT molecular complexity index is 555. The molecule has 1 aromatic carbocycles. The topological polar surface area (TPSA) is 65.3 Å². The summed E-state index contributed by atoms with van der Waals surface area (Å²) in [6.45, 7) is 2.31. The maximum atomic E-state index is 11.1. The summed E-state index contributed by atoms with van der Waals surface area (Å²) in [7, 11) is 0. The molecule has 0 saturated heterocycles. The van der Waals surface area contributed by atoms with Crippen LogP contribution >= 0.6 is 0 Å². The van der Waals surface area contributed by atoms with Gasteiger partial charge < -0.3 is 4.74 Å². The second-order valence-electron chi connectivity index (χ2n) is 3.60. The minimum Gasteiger partial charge on any atom is -0.494 e. The fourth-order valence-electron chi connectivity index (χ4n) is 1.69. The number of nitro groups is 1. The Hall–Kier alpha value is -2.43. The van der Waals surface area contributed by atoms with Crippen molar-refractivity contribution in [3.63, 3.8) is 0 Å². The van der Waals surface area contributed by atoms with Gasteiger partial charge in [-0.25, -0.2) is 0 Å². The molecule has 2 aromatic rings. The lowest BCUT2D eigenvalue weighted by atomic mass is 10.1. The van der Waals surface area contributed by atoms with Gasteiger partial charge in [0.15, 0.2) is 0 Å². The van der Waals surface area contributed by atoms with Gasteiger partial charge in [-0.2, -0.15) is 0 Å². The van der Waals surface area contributed by atoms with Gasteiger partial charge in [0.05, 0.1) is 23.2 Å². The van der Waals surface area contributed by atoms with E-state index in [9.17, 15) is 10.1 Å². The average Bonchev–Trinajstić information content (AvgIpc) is 2.40. The number of nitro benzene ring substituents is 1. The van der Waals surface area contributed by atoms with E-state index in [1.165, 1.54) is 6.07 Å². The minimum atomic E-state index is -0.404. The summed E-state index contributed by atoms with van der Waals surface area (Å²) < 4.78 is 5.27. The average molecular weight is 244 g/mol. The smallest absolute Gasteiger partial charge is 0.280 e. The van der Waals surface area contributed by atoms with Gasteiger partial charge in [-0.15, -0.1) is 0 Å². The van der Waals surface area contributed by atoms with Crippen molar-refractivity contribution in [2.75, 3.05) is 6.61 Å². The van der Waals surface area contributed by atoms with Crippen LogP contribution < -0.4 is 4.74 Å². The summed E-state index contributed by atoms with van der Waals surface area (Å²) in [6.07, 6.45) is 3.21. The van der Waals surface area contributed by atoms with Crippen molar-refractivity contribution in [1.29, 1.82) is 0 Å². The molecule has 18 heavy (non-hydrogen) atoms. The summed E-state index contributed by atoms with van der Waals surface area (Å²) in [5.74, 6) is 0.502. The zero-order valence-electron chi connectivity index (χ0n) is 9.87. The van der Waals surface area contributed by atoms with Crippen molar-refractivity contribution < 1.29 is 9.66 Å². The number of ether oxygens (including phenoxy) is 1. The normalized spacial score (nSPS) is 10.1. The Morgan fingerprint density at radius 3 is 2.61 bits per heavy atom. The van der Waals surface area contributed by atoms with Crippen molar-refractivity contribution in [3.05, 3.63) is 52.8 Å². The van der Waals surface area contributed by atoms with E-state index in [0.29, 0.717) is 17.9 Å². The second kappa shape index (κ2) is 5.27. The largest absolute Gasteiger partial charge is 0.494 e. The van der Waals surface area contributed by atoms with Gasteiger partial charge in [0.1, 0.15) is 5.75 Å². The van der Waals surface area contributed by atoms with Gasteiger partial charge in [0, 0.05) is 12.4 Å². The van der Waals surface area contributed by atoms with E-state index in [4.69, 9.17) is 4.74 Å². The van der Waals surface area contributed by atoms with Crippen LogP contribution in [0, 0.1) is 10.1 Å². The van der Waals surface area contributed by atoms with E-state index in [1.54, 1.807) is 36.7 Å². The molecule has 92 valence electrons. The monoisotopic (exact) mass is 244 g/mol. The van der Waals surface area contributed by atoms with E-state index in [1.807, 2.05) is 6.92 Å². The lowest BCUT2D eigenvalue weighted by molar-refractivity contribution is -0.384. The molecule has 0 fully saturated rings. The van der Waals surface area contributed by atoms with E-state index in [-0.39, 0.29) is 5.69 Å². The molecule has 0 atom stereocenters. The fraction of sp³-hybridized carbons (Fsp3) is 0.154. The van der Waals surface area contributed by atoms with Crippen LogP contribution in [0.3, 0.4) is 0 Å². The maximum absolute atomic E-state index is 11.1. The number of rotatable bonds is 4. The van der Waals surface area contributed by atoms with Crippen LogP contribution in [0.4, 0.5) is 5.69 Å². The molecule has 0 radical (unpaired) electrons. The molecular weight excluding hydrogens is 232 g/mol. The van der Waals surface area contributed by atoms with Crippen LogP contribution in [0.2, 0.25) is 0 Å². The van der Waals surface area contributed by atoms with Gasteiger partial charge >= 0.3 is 0 Å². The first-order chi connectivity index (χ1) is 8.72. The summed E-state index contributed by atoms with van der Waals surface area (Å²) in [5, 5.41) is 11.1. The molecule has 5 nitrogen and oxygen atoms in total. The molecule has 0 aliphatic carbocycles. The highest BCUT2D eigenvalue weighted by Crippen LogP contribution is 2.32. The van der Waals surface area contributed by atoms with Gasteiger partial charge in [0.2, 0.25) is 0 Å². The SMILES string of the molecule is CCOc1ccc(-c2ccncc2)c([N+](=O)[O-])c1. The van der Waals surface area contributed by atoms with Crippen LogP contribution in [0.5, 0.6) is 5.75 Å². The minimum absolute atomic E-state index is 0.0344. The van der Waals surface area contributed by atoms with Gasteiger partial charge in [-0.05, 0) is 36.8 Å². The molecule has 2 rings (SSSR count). The number of benzene rings is 1. The zero-order valence-corrected chi connectivity index (χ0v) is 9.87. The molecule has 0 bridgehead atoms. The van der Waals surface area contributed by atoms with E-state index in [0.717, 1.165) is 5.56 Å². The highest BCUT2D eigenvalue weighted by Gasteiger charge is 2.16. The van der Waals surface area contributed by atoms with E-state index < -0.39 is 4.92 Å². The molecule has 0 aliphatic heterocycles. The van der Waals surface area contributed by atoms with Crippen LogP contribution in [0.15, 0.2) is 42.7 Å². The lowest BCUT2D eigenvalue weighted by Crippen LogP contribution is -1.96.